The van der Waals surface area contributed by atoms with Crippen molar-refractivity contribution in [3.05, 3.63) is 0 Å². The molecule has 1 aliphatic rings. The maximum absolute atomic E-state index is 11.8. The summed E-state index contributed by atoms with van der Waals surface area (Å²) >= 11 is -0.0836. The Bertz CT molecular complexity index is 241. The molecule has 4 nitrogen and oxygen atoms in total. The van der Waals surface area contributed by atoms with E-state index in [1.807, 2.05) is 4.90 Å². The molecule has 0 atom stereocenters. The highest BCUT2D eigenvalue weighted by Crippen LogP contribution is 2.29. The van der Waals surface area contributed by atoms with Crippen LogP contribution in [0.5, 0.6) is 0 Å². The summed E-state index contributed by atoms with van der Waals surface area (Å²) in [5, 5.41) is 0. The van der Waals surface area contributed by atoms with Crippen LogP contribution in [0.1, 0.15) is 0 Å². The molecule has 0 aromatic rings. The summed E-state index contributed by atoms with van der Waals surface area (Å²) in [7, 11) is 0. The minimum absolute atomic E-state index is 0.0768. The van der Waals surface area contributed by atoms with Crippen LogP contribution < -0.4 is 5.73 Å². The van der Waals surface area contributed by atoms with Gasteiger partial charge in [0.05, 0.1) is 19.8 Å². The van der Waals surface area contributed by atoms with Gasteiger partial charge in [-0.3, -0.25) is 4.99 Å². The summed E-state index contributed by atoms with van der Waals surface area (Å²) in [5.74, 6) is 0.195. The maximum atomic E-state index is 11.8. The first-order chi connectivity index (χ1) is 7.49. The zero-order valence-corrected chi connectivity index (χ0v) is 9.48. The SMILES string of the molecule is NC(=NCCSC(F)(F)F)N1CCOCC1. The van der Waals surface area contributed by atoms with Crippen molar-refractivity contribution in [3.63, 3.8) is 0 Å². The Kier molecular flexibility index (Phi) is 5.20. The number of thioether (sulfide) groups is 1. The Balaban J connectivity index is 2.22. The molecule has 1 aliphatic heterocycles. The number of hydrogen-bond donors (Lipinski definition) is 1. The molecule has 0 bridgehead atoms. The number of morpholine rings is 1. The Morgan fingerprint density at radius 3 is 2.56 bits per heavy atom. The Morgan fingerprint density at radius 1 is 1.38 bits per heavy atom. The normalized spacial score (nSPS) is 18.9. The van der Waals surface area contributed by atoms with Crippen molar-refractivity contribution in [1.29, 1.82) is 0 Å². The fourth-order valence-electron chi connectivity index (χ4n) is 1.21. The highest BCUT2D eigenvalue weighted by molar-refractivity contribution is 8.00. The first-order valence-electron chi connectivity index (χ1n) is 4.82. The van der Waals surface area contributed by atoms with Gasteiger partial charge in [-0.25, -0.2) is 0 Å². The summed E-state index contributed by atoms with van der Waals surface area (Å²) in [6, 6.07) is 0. The summed E-state index contributed by atoms with van der Waals surface area (Å²) in [4.78, 5) is 5.70. The molecule has 0 aliphatic carbocycles. The van der Waals surface area contributed by atoms with Gasteiger partial charge in [-0.1, -0.05) is 0 Å². The Morgan fingerprint density at radius 2 is 2.00 bits per heavy atom. The number of guanidine groups is 1. The van der Waals surface area contributed by atoms with Crippen molar-refractivity contribution in [2.24, 2.45) is 10.7 Å². The lowest BCUT2D eigenvalue weighted by Gasteiger charge is -2.27. The summed E-state index contributed by atoms with van der Waals surface area (Å²) < 4.78 is 40.5. The summed E-state index contributed by atoms with van der Waals surface area (Å²) in [6.45, 7) is 2.51. The molecule has 8 heteroatoms. The smallest absolute Gasteiger partial charge is 0.378 e. The highest BCUT2D eigenvalue weighted by atomic mass is 32.2. The molecule has 2 N–H and O–H groups in total. The molecule has 0 saturated carbocycles. The van der Waals surface area contributed by atoms with Crippen molar-refractivity contribution >= 4 is 17.7 Å². The van der Waals surface area contributed by atoms with Crippen LogP contribution in [-0.2, 0) is 4.74 Å². The van der Waals surface area contributed by atoms with E-state index in [-0.39, 0.29) is 24.1 Å². The molecular formula is C8H14F3N3OS. The van der Waals surface area contributed by atoms with E-state index in [1.165, 1.54) is 0 Å². The third-order valence-corrected chi connectivity index (χ3v) is 2.68. The molecule has 1 saturated heterocycles. The first-order valence-corrected chi connectivity index (χ1v) is 5.81. The number of rotatable bonds is 3. The van der Waals surface area contributed by atoms with Crippen molar-refractivity contribution in [3.8, 4) is 0 Å². The van der Waals surface area contributed by atoms with Gasteiger partial charge in [0.2, 0.25) is 0 Å². The molecule has 0 aromatic heterocycles. The van der Waals surface area contributed by atoms with E-state index in [1.54, 1.807) is 0 Å². The average molecular weight is 257 g/mol. The molecule has 94 valence electrons. The molecule has 1 rings (SSSR count). The lowest BCUT2D eigenvalue weighted by atomic mass is 10.4. The molecule has 1 fully saturated rings. The maximum Gasteiger partial charge on any atom is 0.441 e. The monoisotopic (exact) mass is 257 g/mol. The number of hydrogen-bond acceptors (Lipinski definition) is 3. The lowest BCUT2D eigenvalue weighted by Crippen LogP contribution is -2.44. The van der Waals surface area contributed by atoms with Gasteiger partial charge >= 0.3 is 5.51 Å². The van der Waals surface area contributed by atoms with Crippen LogP contribution in [0, 0.1) is 0 Å². The lowest BCUT2D eigenvalue weighted by molar-refractivity contribution is -0.0327. The van der Waals surface area contributed by atoms with Gasteiger partial charge in [0.1, 0.15) is 0 Å². The first kappa shape index (κ1) is 13.4. The van der Waals surface area contributed by atoms with Crippen LogP contribution in [0.2, 0.25) is 0 Å². The van der Waals surface area contributed by atoms with E-state index >= 15 is 0 Å². The van der Waals surface area contributed by atoms with Gasteiger partial charge in [-0.05, 0) is 11.8 Å². The third-order valence-electron chi connectivity index (χ3n) is 1.97. The molecule has 16 heavy (non-hydrogen) atoms. The van der Waals surface area contributed by atoms with Crippen LogP contribution in [0.15, 0.2) is 4.99 Å². The molecule has 0 aromatic carbocycles. The van der Waals surface area contributed by atoms with Crippen molar-refractivity contribution in [2.75, 3.05) is 38.6 Å². The van der Waals surface area contributed by atoms with Crippen LogP contribution in [0.4, 0.5) is 13.2 Å². The van der Waals surface area contributed by atoms with Crippen molar-refractivity contribution < 1.29 is 17.9 Å². The number of nitrogens with zero attached hydrogens (tertiary/aromatic N) is 2. The van der Waals surface area contributed by atoms with Gasteiger partial charge in [-0.15, -0.1) is 0 Å². The molecular weight excluding hydrogens is 243 g/mol. The minimum Gasteiger partial charge on any atom is -0.378 e. The predicted molar refractivity (Wildman–Crippen MR) is 57.4 cm³/mol. The van der Waals surface area contributed by atoms with E-state index < -0.39 is 5.51 Å². The topological polar surface area (TPSA) is 50.8 Å². The standard InChI is InChI=1S/C8H14F3N3OS/c9-8(10,11)16-6-1-13-7(12)14-2-4-15-5-3-14/h1-6H2,(H2,12,13). The Labute approximate surface area is 96.0 Å². The average Bonchev–Trinajstić information content (AvgIpc) is 2.24. The summed E-state index contributed by atoms with van der Waals surface area (Å²) in [5.41, 5.74) is 1.44. The molecule has 0 amide bonds. The number of nitrogens with two attached hydrogens (primary N) is 1. The van der Waals surface area contributed by atoms with Gasteiger partial charge in [0, 0.05) is 18.8 Å². The molecule has 1 heterocycles. The van der Waals surface area contributed by atoms with Gasteiger partial charge in [0.25, 0.3) is 0 Å². The number of alkyl halides is 3. The number of halogens is 3. The second-order valence-electron chi connectivity index (χ2n) is 3.13. The van der Waals surface area contributed by atoms with Crippen molar-refractivity contribution in [1.82, 2.24) is 4.90 Å². The van der Waals surface area contributed by atoms with E-state index in [4.69, 9.17) is 10.5 Å². The zero-order chi connectivity index (χ0) is 12.0. The largest absolute Gasteiger partial charge is 0.441 e. The third kappa shape index (κ3) is 5.45. The zero-order valence-electron chi connectivity index (χ0n) is 8.66. The second kappa shape index (κ2) is 6.19. The Hall–Kier alpha value is -0.630. The van der Waals surface area contributed by atoms with E-state index in [0.29, 0.717) is 32.3 Å². The van der Waals surface area contributed by atoms with Gasteiger partial charge in [-0.2, -0.15) is 13.2 Å². The fraction of sp³-hybridized carbons (Fsp3) is 0.875. The molecule has 0 unspecified atom stereocenters. The van der Waals surface area contributed by atoms with E-state index in [0.717, 1.165) is 0 Å². The number of ether oxygens (including phenoxy) is 1. The van der Waals surface area contributed by atoms with Gasteiger partial charge in [0.15, 0.2) is 5.96 Å². The van der Waals surface area contributed by atoms with Crippen molar-refractivity contribution in [2.45, 2.75) is 5.51 Å². The molecule has 0 spiro atoms. The highest BCUT2D eigenvalue weighted by Gasteiger charge is 2.27. The van der Waals surface area contributed by atoms with Crippen LogP contribution >= 0.6 is 11.8 Å². The quantitative estimate of drug-likeness (QED) is 0.463. The summed E-state index contributed by atoms with van der Waals surface area (Å²) in [6.07, 6.45) is 0. The van der Waals surface area contributed by atoms with Crippen LogP contribution in [-0.4, -0.2) is 55.0 Å². The minimum atomic E-state index is -4.19. The van der Waals surface area contributed by atoms with Crippen LogP contribution in [0.25, 0.3) is 0 Å². The van der Waals surface area contributed by atoms with E-state index in [9.17, 15) is 13.2 Å². The number of aliphatic imine (C=N–C) groups is 1. The second-order valence-corrected chi connectivity index (χ2v) is 4.29. The molecule has 0 radical (unpaired) electrons. The van der Waals surface area contributed by atoms with Crippen LogP contribution in [0.3, 0.4) is 0 Å². The van der Waals surface area contributed by atoms with E-state index in [2.05, 4.69) is 4.99 Å². The predicted octanol–water partition coefficient (Wildman–Crippen LogP) is 0.886. The van der Waals surface area contributed by atoms with Gasteiger partial charge < -0.3 is 15.4 Å². The fourth-order valence-corrected chi connectivity index (χ4v) is 1.63.